The van der Waals surface area contributed by atoms with Gasteiger partial charge in [0.25, 0.3) is 0 Å². The van der Waals surface area contributed by atoms with Gasteiger partial charge in [-0.15, -0.1) is 0 Å². The second kappa shape index (κ2) is 14.5. The van der Waals surface area contributed by atoms with E-state index in [0.717, 1.165) is 17.8 Å². The zero-order valence-electron chi connectivity index (χ0n) is 26.4. The maximum Gasteiger partial charge on any atom is 0.418 e. The third-order valence-corrected chi connectivity index (χ3v) is 9.63. The van der Waals surface area contributed by atoms with Gasteiger partial charge in [-0.2, -0.15) is 0 Å². The van der Waals surface area contributed by atoms with Crippen molar-refractivity contribution in [3.05, 3.63) is 64.2 Å². The molecule has 1 aromatic carbocycles. The maximum absolute atomic E-state index is 15.5. The molecule has 1 aliphatic rings. The number of benzene rings is 1. The van der Waals surface area contributed by atoms with Crippen LogP contribution in [0.4, 0.5) is 13.6 Å². The van der Waals surface area contributed by atoms with Crippen molar-refractivity contribution in [1.82, 2.24) is 9.88 Å². The van der Waals surface area contributed by atoms with E-state index in [4.69, 9.17) is 30.8 Å². The highest BCUT2D eigenvalue weighted by atomic mass is 35.5. The van der Waals surface area contributed by atoms with Crippen LogP contribution in [0.5, 0.6) is 0 Å². The molecule has 2 heterocycles. The van der Waals surface area contributed by atoms with E-state index in [1.165, 1.54) is 54.6 Å². The van der Waals surface area contributed by atoms with Gasteiger partial charge in [-0.25, -0.2) is 18.5 Å². The molecule has 0 N–H and O–H groups in total. The van der Waals surface area contributed by atoms with E-state index in [9.17, 15) is 9.59 Å². The van der Waals surface area contributed by atoms with Gasteiger partial charge >= 0.3 is 12.1 Å². The Hall–Kier alpha value is -2.80. The fourth-order valence-electron chi connectivity index (χ4n) is 4.19. The van der Waals surface area contributed by atoms with Gasteiger partial charge < -0.3 is 14.2 Å². The predicted octanol–water partition coefficient (Wildman–Crippen LogP) is 8.14. The van der Waals surface area contributed by atoms with Gasteiger partial charge in [-0.3, -0.25) is 14.8 Å². The summed E-state index contributed by atoms with van der Waals surface area (Å²) in [6, 6.07) is 7.93. The summed E-state index contributed by atoms with van der Waals surface area (Å²) in [6.07, 6.45) is 1.88. The molecule has 3 rings (SSSR count). The van der Waals surface area contributed by atoms with E-state index >= 15 is 8.78 Å². The second-order valence-electron chi connectivity index (χ2n) is 12.9. The Labute approximate surface area is 268 Å². The van der Waals surface area contributed by atoms with E-state index in [1.807, 2.05) is 0 Å². The van der Waals surface area contributed by atoms with Gasteiger partial charge in [0.05, 0.1) is 23.4 Å². The number of rotatable bonds is 9. The number of methoxy groups -OCH3 is 1. The van der Waals surface area contributed by atoms with Crippen LogP contribution in [0.3, 0.4) is 0 Å². The molecule has 2 aromatic rings. The Morgan fingerprint density at radius 2 is 1.93 bits per heavy atom. The molecule has 8 nitrogen and oxygen atoms in total. The van der Waals surface area contributed by atoms with Crippen LogP contribution in [0.25, 0.3) is 11.9 Å². The number of carbonyl (C=O) groups is 2. The van der Waals surface area contributed by atoms with Crippen LogP contribution in [0.2, 0.25) is 30.7 Å². The molecule has 240 valence electrons. The molecule has 0 unspecified atom stereocenters. The number of thioether (sulfide) groups is 1. The van der Waals surface area contributed by atoms with Crippen molar-refractivity contribution in [3.63, 3.8) is 0 Å². The number of nitrogens with zero attached hydrogens (tertiary/aromatic N) is 3. The van der Waals surface area contributed by atoms with E-state index in [1.54, 1.807) is 27.7 Å². The molecule has 1 amide bonds. The number of pyridine rings is 1. The number of halogens is 3. The smallest absolute Gasteiger partial charge is 0.418 e. The van der Waals surface area contributed by atoms with Crippen molar-refractivity contribution in [2.24, 2.45) is 4.99 Å². The SMILES string of the molecule is COC(=O)[C@@H]1C[C@@](C)(c2cc(/C=C(\F)c3ccc(Cl)cn3)ccc2F)N=C(N(COCC[Si](C)(C)C)C(=O)OC(C)(C)C)S1. The van der Waals surface area contributed by atoms with Crippen molar-refractivity contribution in [1.29, 1.82) is 0 Å². The molecular formula is C31H40ClF2N3O5SSi. The summed E-state index contributed by atoms with van der Waals surface area (Å²) in [6.45, 7) is 13.7. The molecule has 1 aromatic heterocycles. The molecule has 2 atom stereocenters. The molecule has 0 aliphatic carbocycles. The fourth-order valence-corrected chi connectivity index (χ4v) is 6.42. The molecule has 1 aliphatic heterocycles. The number of aromatic nitrogens is 1. The second-order valence-corrected chi connectivity index (χ2v) is 20.1. The lowest BCUT2D eigenvalue weighted by atomic mass is 9.86. The quantitative estimate of drug-likeness (QED) is 0.115. The highest BCUT2D eigenvalue weighted by Crippen LogP contribution is 2.42. The summed E-state index contributed by atoms with van der Waals surface area (Å²) in [5.41, 5.74) is -1.65. The highest BCUT2D eigenvalue weighted by Gasteiger charge is 2.43. The Balaban J connectivity index is 2.07. The molecule has 13 heteroatoms. The van der Waals surface area contributed by atoms with Crippen LogP contribution in [-0.2, 0) is 24.5 Å². The van der Waals surface area contributed by atoms with Gasteiger partial charge in [-0.05, 0) is 76.1 Å². The van der Waals surface area contributed by atoms with Crippen LogP contribution < -0.4 is 0 Å². The van der Waals surface area contributed by atoms with Crippen LogP contribution in [0.15, 0.2) is 41.5 Å². The van der Waals surface area contributed by atoms with Crippen molar-refractivity contribution in [2.45, 2.75) is 76.2 Å². The molecule has 0 spiro atoms. The topological polar surface area (TPSA) is 90.3 Å². The Morgan fingerprint density at radius 3 is 2.52 bits per heavy atom. The predicted molar refractivity (Wildman–Crippen MR) is 174 cm³/mol. The van der Waals surface area contributed by atoms with Gasteiger partial charge in [-0.1, -0.05) is 49.1 Å². The zero-order chi connectivity index (χ0) is 32.9. The Morgan fingerprint density at radius 1 is 1.23 bits per heavy atom. The molecular weight excluding hydrogens is 628 g/mol. The highest BCUT2D eigenvalue weighted by molar-refractivity contribution is 8.15. The monoisotopic (exact) mass is 667 g/mol. The summed E-state index contributed by atoms with van der Waals surface area (Å²) in [4.78, 5) is 36.3. The van der Waals surface area contributed by atoms with Crippen LogP contribution >= 0.6 is 23.4 Å². The van der Waals surface area contributed by atoms with E-state index < -0.39 is 48.2 Å². The lowest BCUT2D eigenvalue weighted by Crippen LogP contribution is -2.46. The number of hydrogen-bond donors (Lipinski definition) is 0. The summed E-state index contributed by atoms with van der Waals surface area (Å²) < 4.78 is 47.2. The van der Waals surface area contributed by atoms with Crippen molar-refractivity contribution >= 4 is 60.6 Å². The number of ether oxygens (including phenoxy) is 3. The molecule has 0 fully saturated rings. The molecule has 0 radical (unpaired) electrons. The number of aliphatic imine (C=N–C) groups is 1. The average molecular weight is 668 g/mol. The summed E-state index contributed by atoms with van der Waals surface area (Å²) >= 11 is 6.89. The number of amidine groups is 1. The van der Waals surface area contributed by atoms with E-state index in [2.05, 4.69) is 24.6 Å². The Kier molecular flexibility index (Phi) is 11.8. The van der Waals surface area contributed by atoms with E-state index in [-0.39, 0.29) is 29.6 Å². The van der Waals surface area contributed by atoms with Crippen LogP contribution in [-0.4, -0.2) is 66.5 Å². The Bertz CT molecular complexity index is 1410. The zero-order valence-corrected chi connectivity index (χ0v) is 28.9. The first-order chi connectivity index (χ1) is 20.4. The minimum atomic E-state index is -1.42. The summed E-state index contributed by atoms with van der Waals surface area (Å²) in [5, 5.41) is -0.351. The van der Waals surface area contributed by atoms with Crippen molar-refractivity contribution in [2.75, 3.05) is 20.4 Å². The van der Waals surface area contributed by atoms with Gasteiger partial charge in [0.2, 0.25) is 0 Å². The lowest BCUT2D eigenvalue weighted by Gasteiger charge is -2.37. The first kappa shape index (κ1) is 35.7. The van der Waals surface area contributed by atoms with Crippen LogP contribution in [0, 0.1) is 5.82 Å². The van der Waals surface area contributed by atoms with Gasteiger partial charge in [0.1, 0.15) is 29.2 Å². The summed E-state index contributed by atoms with van der Waals surface area (Å²) in [7, 11) is -0.159. The largest absolute Gasteiger partial charge is 0.468 e. The van der Waals surface area contributed by atoms with Gasteiger partial charge in [0, 0.05) is 26.4 Å². The van der Waals surface area contributed by atoms with Crippen molar-refractivity contribution < 1.29 is 32.6 Å². The van der Waals surface area contributed by atoms with Crippen molar-refractivity contribution in [3.8, 4) is 0 Å². The number of amides is 1. The standard InChI is InChI=1S/C31H40ClF2N3O5SSi/c1-30(2,3)42-29(39)37(19-41-13-14-44(6,7)8)28-36-31(4,17-26(43-28)27(38)40-5)22-15-20(9-11-23(22)33)16-24(34)25-12-10-21(32)18-35-25/h9-12,15-16,18,26H,13-14,17,19H2,1-8H3/b24-16-/t26-,31-/m0/s1. The third-order valence-electron chi connectivity index (χ3n) is 6.53. The maximum atomic E-state index is 15.5. The average Bonchev–Trinajstić information content (AvgIpc) is 2.91. The normalized spacial score (nSPS) is 19.3. The van der Waals surface area contributed by atoms with E-state index in [0.29, 0.717) is 17.2 Å². The fraction of sp³-hybridized carbons (Fsp3) is 0.484. The molecule has 44 heavy (non-hydrogen) atoms. The third kappa shape index (κ3) is 10.1. The van der Waals surface area contributed by atoms with Crippen LogP contribution in [0.1, 0.15) is 50.9 Å². The first-order valence-corrected chi connectivity index (χ1v) is 19.1. The first-order valence-electron chi connectivity index (χ1n) is 14.1. The number of carbonyl (C=O) groups excluding carboxylic acids is 2. The summed E-state index contributed by atoms with van der Waals surface area (Å²) in [5.74, 6) is -1.82. The van der Waals surface area contributed by atoms with Gasteiger partial charge in [0.15, 0.2) is 5.17 Å². The lowest BCUT2D eigenvalue weighted by molar-refractivity contribution is -0.140. The minimum absolute atomic E-state index is 0.0534. The minimum Gasteiger partial charge on any atom is -0.468 e. The molecule has 0 saturated heterocycles. The number of esters is 1. The molecule has 0 saturated carbocycles. The molecule has 0 bridgehead atoms. The number of hydrogen-bond acceptors (Lipinski definition) is 8.